The second kappa shape index (κ2) is 5.07. The van der Waals surface area contributed by atoms with E-state index in [0.29, 0.717) is 5.15 Å². The lowest BCUT2D eigenvalue weighted by molar-refractivity contribution is 1.04. The Labute approximate surface area is 119 Å². The number of nitrogens with zero attached hydrogens (tertiary/aromatic N) is 3. The third-order valence-corrected chi connectivity index (χ3v) is 4.11. The molecule has 0 atom stereocenters. The zero-order valence-corrected chi connectivity index (χ0v) is 11.7. The first-order valence-electron chi connectivity index (χ1n) is 5.76. The fourth-order valence-electron chi connectivity index (χ4n) is 1.78. The molecule has 5 heteroatoms. The Balaban J connectivity index is 2.05. The molecule has 0 radical (unpaired) electrons. The average Bonchev–Trinajstić information content (AvgIpc) is 2.83. The largest absolute Gasteiger partial charge is 0.241 e. The summed E-state index contributed by atoms with van der Waals surface area (Å²) < 4.78 is 0. The molecular weight excluding hydrogens is 278 g/mol. The van der Waals surface area contributed by atoms with Crippen LogP contribution in [-0.2, 0) is 0 Å². The number of aromatic nitrogens is 3. The van der Waals surface area contributed by atoms with Gasteiger partial charge in [0, 0.05) is 5.56 Å². The molecule has 0 spiro atoms. The van der Waals surface area contributed by atoms with E-state index >= 15 is 0 Å². The Morgan fingerprint density at radius 2 is 1.79 bits per heavy atom. The summed E-state index contributed by atoms with van der Waals surface area (Å²) in [5.41, 5.74) is 2.88. The van der Waals surface area contributed by atoms with E-state index in [4.69, 9.17) is 11.6 Å². The van der Waals surface area contributed by atoms with Crippen LogP contribution in [0.25, 0.3) is 21.1 Å². The summed E-state index contributed by atoms with van der Waals surface area (Å²) in [6, 6.07) is 13.7. The fourth-order valence-corrected chi connectivity index (χ4v) is 2.91. The SMILES string of the molecule is Cc1nc(-c2ccccc2)sc1-c1ccc(Cl)nn1. The van der Waals surface area contributed by atoms with Crippen LogP contribution in [0.4, 0.5) is 0 Å². The molecule has 3 rings (SSSR count). The average molecular weight is 288 g/mol. The molecule has 0 saturated heterocycles. The molecule has 2 aromatic heterocycles. The van der Waals surface area contributed by atoms with Crippen LogP contribution in [0.15, 0.2) is 42.5 Å². The van der Waals surface area contributed by atoms with Crippen LogP contribution in [-0.4, -0.2) is 15.2 Å². The van der Waals surface area contributed by atoms with E-state index < -0.39 is 0 Å². The number of aryl methyl sites for hydroxylation is 1. The molecule has 0 fully saturated rings. The van der Waals surface area contributed by atoms with Gasteiger partial charge in [0.15, 0.2) is 5.15 Å². The molecule has 0 N–H and O–H groups in total. The van der Waals surface area contributed by atoms with E-state index in [1.807, 2.05) is 31.2 Å². The summed E-state index contributed by atoms with van der Waals surface area (Å²) in [5, 5.41) is 9.37. The molecule has 0 aliphatic carbocycles. The third-order valence-electron chi connectivity index (χ3n) is 2.68. The summed E-state index contributed by atoms with van der Waals surface area (Å²) in [6.45, 7) is 1.98. The van der Waals surface area contributed by atoms with Crippen molar-refractivity contribution in [1.29, 1.82) is 0 Å². The second-order valence-corrected chi connectivity index (χ2v) is 5.43. The van der Waals surface area contributed by atoms with Crippen molar-refractivity contribution in [2.75, 3.05) is 0 Å². The van der Waals surface area contributed by atoms with Crippen LogP contribution < -0.4 is 0 Å². The van der Waals surface area contributed by atoms with Gasteiger partial charge in [-0.1, -0.05) is 41.9 Å². The van der Waals surface area contributed by atoms with Crippen LogP contribution >= 0.6 is 22.9 Å². The number of thiazole rings is 1. The minimum atomic E-state index is 0.397. The van der Waals surface area contributed by atoms with Crippen molar-refractivity contribution in [1.82, 2.24) is 15.2 Å². The van der Waals surface area contributed by atoms with Crippen molar-refractivity contribution in [3.8, 4) is 21.1 Å². The highest BCUT2D eigenvalue weighted by molar-refractivity contribution is 7.18. The van der Waals surface area contributed by atoms with Gasteiger partial charge in [0.1, 0.15) is 10.7 Å². The van der Waals surface area contributed by atoms with Gasteiger partial charge in [0.25, 0.3) is 0 Å². The Morgan fingerprint density at radius 1 is 1.00 bits per heavy atom. The summed E-state index contributed by atoms with van der Waals surface area (Å²) in [6.07, 6.45) is 0. The predicted molar refractivity (Wildman–Crippen MR) is 78.3 cm³/mol. The molecule has 0 amide bonds. The van der Waals surface area contributed by atoms with Crippen molar-refractivity contribution in [2.24, 2.45) is 0 Å². The molecule has 0 aliphatic heterocycles. The van der Waals surface area contributed by atoms with Gasteiger partial charge in [-0.15, -0.1) is 21.5 Å². The van der Waals surface area contributed by atoms with E-state index in [1.54, 1.807) is 17.4 Å². The summed E-state index contributed by atoms with van der Waals surface area (Å²) in [7, 11) is 0. The Kier molecular flexibility index (Phi) is 3.27. The van der Waals surface area contributed by atoms with E-state index in [9.17, 15) is 0 Å². The zero-order valence-electron chi connectivity index (χ0n) is 10.2. The van der Waals surface area contributed by atoms with Crippen molar-refractivity contribution >= 4 is 22.9 Å². The van der Waals surface area contributed by atoms with E-state index in [-0.39, 0.29) is 0 Å². The number of rotatable bonds is 2. The number of halogens is 1. The highest BCUT2D eigenvalue weighted by Gasteiger charge is 2.12. The van der Waals surface area contributed by atoms with Crippen molar-refractivity contribution < 1.29 is 0 Å². The van der Waals surface area contributed by atoms with Crippen molar-refractivity contribution in [3.63, 3.8) is 0 Å². The molecule has 0 saturated carbocycles. The summed E-state index contributed by atoms with van der Waals surface area (Å²) >= 11 is 7.37. The minimum Gasteiger partial charge on any atom is -0.241 e. The van der Waals surface area contributed by atoms with Crippen LogP contribution in [0.3, 0.4) is 0 Å². The monoisotopic (exact) mass is 287 g/mol. The predicted octanol–water partition coefficient (Wildman–Crippen LogP) is 4.23. The van der Waals surface area contributed by atoms with Gasteiger partial charge < -0.3 is 0 Å². The van der Waals surface area contributed by atoms with Gasteiger partial charge in [0.05, 0.1) is 10.6 Å². The maximum Gasteiger partial charge on any atom is 0.151 e. The Hall–Kier alpha value is -1.78. The van der Waals surface area contributed by atoms with Crippen molar-refractivity contribution in [3.05, 3.63) is 53.3 Å². The van der Waals surface area contributed by atoms with Gasteiger partial charge in [-0.05, 0) is 19.1 Å². The normalized spacial score (nSPS) is 10.6. The fraction of sp³-hybridized carbons (Fsp3) is 0.0714. The number of hydrogen-bond donors (Lipinski definition) is 0. The standard InChI is InChI=1S/C14H10ClN3S/c1-9-13(11-7-8-12(15)18-17-11)19-14(16-9)10-5-3-2-4-6-10/h2-8H,1H3. The number of hydrogen-bond acceptors (Lipinski definition) is 4. The second-order valence-electron chi connectivity index (χ2n) is 4.04. The number of benzene rings is 1. The van der Waals surface area contributed by atoms with Crippen LogP contribution in [0, 0.1) is 6.92 Å². The Morgan fingerprint density at radius 3 is 2.47 bits per heavy atom. The van der Waals surface area contributed by atoms with E-state index in [2.05, 4.69) is 27.3 Å². The molecule has 1 aromatic carbocycles. The molecule has 3 aromatic rings. The van der Waals surface area contributed by atoms with Crippen LogP contribution in [0.5, 0.6) is 0 Å². The summed E-state index contributed by atoms with van der Waals surface area (Å²) in [4.78, 5) is 5.63. The highest BCUT2D eigenvalue weighted by atomic mass is 35.5. The highest BCUT2D eigenvalue weighted by Crippen LogP contribution is 2.33. The first-order valence-corrected chi connectivity index (χ1v) is 6.96. The van der Waals surface area contributed by atoms with Gasteiger partial charge in [-0.25, -0.2) is 4.98 Å². The van der Waals surface area contributed by atoms with Crippen molar-refractivity contribution in [2.45, 2.75) is 6.92 Å². The van der Waals surface area contributed by atoms with E-state index in [1.165, 1.54) is 0 Å². The van der Waals surface area contributed by atoms with Crippen LogP contribution in [0.2, 0.25) is 5.15 Å². The molecular formula is C14H10ClN3S. The lowest BCUT2D eigenvalue weighted by Gasteiger charge is -1.95. The quantitative estimate of drug-likeness (QED) is 0.708. The van der Waals surface area contributed by atoms with Crippen LogP contribution in [0.1, 0.15) is 5.69 Å². The van der Waals surface area contributed by atoms with Gasteiger partial charge in [-0.3, -0.25) is 0 Å². The van der Waals surface area contributed by atoms with E-state index in [0.717, 1.165) is 26.8 Å². The maximum absolute atomic E-state index is 5.75. The topological polar surface area (TPSA) is 38.7 Å². The smallest absolute Gasteiger partial charge is 0.151 e. The van der Waals surface area contributed by atoms with Gasteiger partial charge in [0.2, 0.25) is 0 Å². The third kappa shape index (κ3) is 2.50. The molecule has 0 unspecified atom stereocenters. The molecule has 94 valence electrons. The Bertz CT molecular complexity index is 692. The lowest BCUT2D eigenvalue weighted by Crippen LogP contribution is -1.86. The maximum atomic E-state index is 5.75. The zero-order chi connectivity index (χ0) is 13.2. The lowest BCUT2D eigenvalue weighted by atomic mass is 10.2. The van der Waals surface area contributed by atoms with Gasteiger partial charge in [-0.2, -0.15) is 0 Å². The molecule has 2 heterocycles. The first kappa shape index (κ1) is 12.3. The molecule has 19 heavy (non-hydrogen) atoms. The summed E-state index contributed by atoms with van der Waals surface area (Å²) in [5.74, 6) is 0. The van der Waals surface area contributed by atoms with Gasteiger partial charge >= 0.3 is 0 Å². The molecule has 0 aliphatic rings. The first-order chi connectivity index (χ1) is 9.24. The minimum absolute atomic E-state index is 0.397. The molecule has 3 nitrogen and oxygen atoms in total. The molecule has 0 bridgehead atoms.